The van der Waals surface area contributed by atoms with Gasteiger partial charge in [0.15, 0.2) is 5.75 Å². The summed E-state index contributed by atoms with van der Waals surface area (Å²) in [7, 11) is 0. The maximum absolute atomic E-state index is 12.4. The van der Waals surface area contributed by atoms with Gasteiger partial charge in [0, 0.05) is 11.8 Å². The molecule has 0 unspecified atom stereocenters. The van der Waals surface area contributed by atoms with E-state index in [9.17, 15) is 10.1 Å². The van der Waals surface area contributed by atoms with Crippen molar-refractivity contribution in [1.82, 2.24) is 0 Å². The largest absolute Gasteiger partial charge is 0.494 e. The van der Waals surface area contributed by atoms with Crippen LogP contribution in [-0.2, 0) is 4.79 Å². The standard InChI is InChI=1S/C20H18BrClN2O3/c1-3-26-16-7-5-6-15(11-16)24-20(25)14(12-23)8-13-9-17(21)19(27-4-2)18(22)10-13/h5-11H,3-4H2,1-2H3,(H,24,25)/b14-8-. The summed E-state index contributed by atoms with van der Waals surface area (Å²) in [5.41, 5.74) is 1.09. The van der Waals surface area contributed by atoms with Gasteiger partial charge in [0.05, 0.1) is 22.7 Å². The maximum atomic E-state index is 12.4. The Morgan fingerprint density at radius 1 is 1.26 bits per heavy atom. The molecular weight excluding hydrogens is 432 g/mol. The Bertz CT molecular complexity index is 883. The molecule has 140 valence electrons. The van der Waals surface area contributed by atoms with Gasteiger partial charge in [-0.25, -0.2) is 0 Å². The van der Waals surface area contributed by atoms with Crippen molar-refractivity contribution in [3.8, 4) is 17.6 Å². The summed E-state index contributed by atoms with van der Waals surface area (Å²) in [4.78, 5) is 12.4. The molecule has 2 aromatic carbocycles. The molecule has 5 nitrogen and oxygen atoms in total. The van der Waals surface area contributed by atoms with E-state index in [1.165, 1.54) is 6.08 Å². The predicted molar refractivity (Wildman–Crippen MR) is 110 cm³/mol. The van der Waals surface area contributed by atoms with Crippen LogP contribution >= 0.6 is 27.5 Å². The van der Waals surface area contributed by atoms with E-state index >= 15 is 0 Å². The van der Waals surface area contributed by atoms with Crippen LogP contribution in [0.15, 0.2) is 46.4 Å². The number of ether oxygens (including phenoxy) is 2. The fourth-order valence-corrected chi connectivity index (χ4v) is 3.28. The molecule has 0 saturated heterocycles. The van der Waals surface area contributed by atoms with Crippen LogP contribution in [0.1, 0.15) is 19.4 Å². The zero-order valence-corrected chi connectivity index (χ0v) is 17.2. The van der Waals surface area contributed by atoms with Gasteiger partial charge in [-0.1, -0.05) is 17.7 Å². The molecule has 7 heteroatoms. The Morgan fingerprint density at radius 2 is 2.00 bits per heavy atom. The van der Waals surface area contributed by atoms with Crippen molar-refractivity contribution in [2.24, 2.45) is 0 Å². The number of nitriles is 1. The molecule has 1 N–H and O–H groups in total. The van der Waals surface area contributed by atoms with E-state index in [0.717, 1.165) is 0 Å². The molecule has 0 heterocycles. The molecule has 0 bridgehead atoms. The fourth-order valence-electron chi connectivity index (χ4n) is 2.29. The van der Waals surface area contributed by atoms with E-state index in [0.29, 0.717) is 45.5 Å². The van der Waals surface area contributed by atoms with Crippen molar-refractivity contribution in [2.45, 2.75) is 13.8 Å². The molecule has 0 fully saturated rings. The monoisotopic (exact) mass is 448 g/mol. The third-order valence-electron chi connectivity index (χ3n) is 3.39. The highest BCUT2D eigenvalue weighted by Crippen LogP contribution is 2.35. The molecule has 0 spiro atoms. The van der Waals surface area contributed by atoms with E-state index in [-0.39, 0.29) is 5.57 Å². The number of amides is 1. The minimum Gasteiger partial charge on any atom is -0.494 e. The third-order valence-corrected chi connectivity index (χ3v) is 4.26. The van der Waals surface area contributed by atoms with Crippen LogP contribution in [0, 0.1) is 11.3 Å². The number of benzene rings is 2. The van der Waals surface area contributed by atoms with Crippen LogP contribution < -0.4 is 14.8 Å². The number of halogens is 2. The molecule has 2 rings (SSSR count). The maximum Gasteiger partial charge on any atom is 0.266 e. The summed E-state index contributed by atoms with van der Waals surface area (Å²) in [5.74, 6) is 0.638. The molecule has 0 aliphatic carbocycles. The number of rotatable bonds is 7. The first kappa shape index (κ1) is 20.8. The van der Waals surface area contributed by atoms with Gasteiger partial charge in [-0.3, -0.25) is 4.79 Å². The lowest BCUT2D eigenvalue weighted by atomic mass is 10.1. The Kier molecular flexibility index (Phi) is 7.71. The van der Waals surface area contributed by atoms with Gasteiger partial charge in [-0.2, -0.15) is 5.26 Å². The molecule has 0 saturated carbocycles. The average Bonchev–Trinajstić information content (AvgIpc) is 2.63. The van der Waals surface area contributed by atoms with Crippen LogP contribution in [0.4, 0.5) is 5.69 Å². The lowest BCUT2D eigenvalue weighted by molar-refractivity contribution is -0.112. The van der Waals surface area contributed by atoms with Crippen LogP contribution in [0.25, 0.3) is 6.08 Å². The summed E-state index contributed by atoms with van der Waals surface area (Å²) in [6, 6.07) is 12.3. The van der Waals surface area contributed by atoms with Gasteiger partial charge in [0.2, 0.25) is 0 Å². The van der Waals surface area contributed by atoms with Crippen molar-refractivity contribution < 1.29 is 14.3 Å². The Balaban J connectivity index is 2.24. The second-order valence-electron chi connectivity index (χ2n) is 5.33. The van der Waals surface area contributed by atoms with Gasteiger partial charge in [0.25, 0.3) is 5.91 Å². The highest BCUT2D eigenvalue weighted by molar-refractivity contribution is 9.10. The van der Waals surface area contributed by atoms with Crippen molar-refractivity contribution in [3.63, 3.8) is 0 Å². The van der Waals surface area contributed by atoms with Gasteiger partial charge < -0.3 is 14.8 Å². The lowest BCUT2D eigenvalue weighted by Crippen LogP contribution is -2.13. The number of nitrogens with zero attached hydrogens (tertiary/aromatic N) is 1. The minimum atomic E-state index is -0.521. The predicted octanol–water partition coefficient (Wildman–Crippen LogP) is 5.45. The Hall–Kier alpha value is -2.49. The molecule has 0 radical (unpaired) electrons. The number of carbonyl (C=O) groups excluding carboxylic acids is 1. The number of hydrogen-bond donors (Lipinski definition) is 1. The van der Waals surface area contributed by atoms with Crippen molar-refractivity contribution >= 4 is 45.2 Å². The summed E-state index contributed by atoms with van der Waals surface area (Å²) < 4.78 is 11.5. The molecule has 2 aromatic rings. The first-order valence-corrected chi connectivity index (χ1v) is 9.43. The normalized spacial score (nSPS) is 10.9. The van der Waals surface area contributed by atoms with Crippen LogP contribution in [0.5, 0.6) is 11.5 Å². The number of carbonyl (C=O) groups is 1. The highest BCUT2D eigenvalue weighted by atomic mass is 79.9. The number of anilines is 1. The van der Waals surface area contributed by atoms with Crippen molar-refractivity contribution in [2.75, 3.05) is 18.5 Å². The van der Waals surface area contributed by atoms with E-state index in [4.69, 9.17) is 21.1 Å². The van der Waals surface area contributed by atoms with E-state index < -0.39 is 5.91 Å². The Labute approximate surface area is 171 Å². The molecule has 0 aliphatic heterocycles. The SMILES string of the molecule is CCOc1cccc(NC(=O)/C(C#N)=C\c2cc(Cl)c(OCC)c(Br)c2)c1. The topological polar surface area (TPSA) is 71.3 Å². The zero-order valence-electron chi connectivity index (χ0n) is 14.9. The molecule has 27 heavy (non-hydrogen) atoms. The quantitative estimate of drug-likeness (QED) is 0.451. The summed E-state index contributed by atoms with van der Waals surface area (Å²) in [6.45, 7) is 4.73. The molecular formula is C20H18BrClN2O3. The van der Waals surface area contributed by atoms with E-state index in [2.05, 4.69) is 21.2 Å². The second-order valence-corrected chi connectivity index (χ2v) is 6.59. The number of nitrogens with one attached hydrogen (secondary N) is 1. The van der Waals surface area contributed by atoms with Crippen LogP contribution in [0.3, 0.4) is 0 Å². The zero-order chi connectivity index (χ0) is 19.8. The van der Waals surface area contributed by atoms with Crippen LogP contribution in [0.2, 0.25) is 5.02 Å². The summed E-state index contributed by atoms with van der Waals surface area (Å²) >= 11 is 9.60. The average molecular weight is 450 g/mol. The minimum absolute atomic E-state index is 0.0519. The van der Waals surface area contributed by atoms with Gasteiger partial charge in [-0.15, -0.1) is 0 Å². The first-order valence-electron chi connectivity index (χ1n) is 8.26. The molecule has 0 atom stereocenters. The summed E-state index contributed by atoms with van der Waals surface area (Å²) in [5, 5.41) is 12.5. The lowest BCUT2D eigenvalue weighted by Gasteiger charge is -2.10. The van der Waals surface area contributed by atoms with Gasteiger partial charge >= 0.3 is 0 Å². The highest BCUT2D eigenvalue weighted by Gasteiger charge is 2.13. The van der Waals surface area contributed by atoms with Crippen LogP contribution in [-0.4, -0.2) is 19.1 Å². The fraction of sp³-hybridized carbons (Fsp3) is 0.200. The number of hydrogen-bond acceptors (Lipinski definition) is 4. The molecule has 1 amide bonds. The molecule has 0 aliphatic rings. The third kappa shape index (κ3) is 5.75. The van der Waals surface area contributed by atoms with Crippen molar-refractivity contribution in [1.29, 1.82) is 5.26 Å². The van der Waals surface area contributed by atoms with Gasteiger partial charge in [0.1, 0.15) is 17.4 Å². The van der Waals surface area contributed by atoms with E-state index in [1.807, 2.05) is 19.9 Å². The smallest absolute Gasteiger partial charge is 0.266 e. The van der Waals surface area contributed by atoms with Gasteiger partial charge in [-0.05, 0) is 65.7 Å². The summed E-state index contributed by atoms with van der Waals surface area (Å²) in [6.07, 6.45) is 1.47. The van der Waals surface area contributed by atoms with E-state index in [1.54, 1.807) is 36.4 Å². The van der Waals surface area contributed by atoms with Crippen molar-refractivity contribution in [3.05, 3.63) is 57.0 Å². The second kappa shape index (κ2) is 10.0. The molecule has 0 aromatic heterocycles. The Morgan fingerprint density at radius 3 is 2.63 bits per heavy atom. The first-order chi connectivity index (χ1) is 13.0.